The predicted octanol–water partition coefficient (Wildman–Crippen LogP) is 2.54. The Morgan fingerprint density at radius 3 is 2.55 bits per heavy atom. The van der Waals surface area contributed by atoms with E-state index in [4.69, 9.17) is 4.74 Å². The fourth-order valence-electron chi connectivity index (χ4n) is 1.37. The van der Waals surface area contributed by atoms with E-state index in [-0.39, 0.29) is 0 Å². The van der Waals surface area contributed by atoms with Gasteiger partial charge in [-0.3, -0.25) is 0 Å². The molecule has 0 radical (unpaired) electrons. The average Bonchev–Trinajstić information content (AvgIpc) is 2.06. The molecule has 1 rings (SSSR count). The summed E-state index contributed by atoms with van der Waals surface area (Å²) in [5.41, 5.74) is 0. The van der Waals surface area contributed by atoms with Crippen LogP contribution in [0.4, 0.5) is 0 Å². The molecule has 0 aromatic rings. The monoisotopic (exact) mass is 152 g/mol. The van der Waals surface area contributed by atoms with E-state index in [0.29, 0.717) is 12.0 Å². The lowest BCUT2D eigenvalue weighted by Gasteiger charge is -2.22. The zero-order valence-electron chi connectivity index (χ0n) is 7.29. The van der Waals surface area contributed by atoms with Crippen LogP contribution in [0, 0.1) is 5.92 Å². The Morgan fingerprint density at radius 1 is 1.18 bits per heavy atom. The van der Waals surface area contributed by atoms with Crippen molar-refractivity contribution in [1.82, 2.24) is 0 Å². The minimum atomic E-state index is 0.315. The van der Waals surface area contributed by atoms with Gasteiger partial charge in [-0.25, -0.2) is 0 Å². The quantitative estimate of drug-likeness (QED) is 0.604. The summed E-state index contributed by atoms with van der Waals surface area (Å²) in [6.07, 6.45) is 10.00. The van der Waals surface area contributed by atoms with Crippen LogP contribution >= 0.6 is 0 Å². The first-order chi connectivity index (χ1) is 5.38. The fourth-order valence-corrected chi connectivity index (χ4v) is 1.37. The van der Waals surface area contributed by atoms with E-state index in [1.54, 1.807) is 0 Å². The highest BCUT2D eigenvalue weighted by Gasteiger charge is 2.15. The summed E-state index contributed by atoms with van der Waals surface area (Å²) in [5.74, 6) is 0.583. The van der Waals surface area contributed by atoms with E-state index in [1.807, 2.05) is 6.92 Å². The second-order valence-corrected chi connectivity index (χ2v) is 2.76. The van der Waals surface area contributed by atoms with Crippen LogP contribution in [0.5, 0.6) is 0 Å². The molecular weight excluding hydrogens is 136 g/mol. The van der Waals surface area contributed by atoms with Crippen LogP contribution in [0.15, 0.2) is 24.3 Å². The SMILES string of the molecule is CCOC1C=CC=CC1CC. The molecule has 0 saturated heterocycles. The van der Waals surface area contributed by atoms with Crippen LogP contribution in [0.25, 0.3) is 0 Å². The van der Waals surface area contributed by atoms with Crippen molar-refractivity contribution in [1.29, 1.82) is 0 Å². The molecule has 0 amide bonds. The molecule has 1 nitrogen and oxygen atoms in total. The van der Waals surface area contributed by atoms with Crippen molar-refractivity contribution in [2.75, 3.05) is 6.61 Å². The zero-order chi connectivity index (χ0) is 8.10. The molecule has 0 aromatic carbocycles. The van der Waals surface area contributed by atoms with Crippen LogP contribution in [0.1, 0.15) is 20.3 Å². The zero-order valence-corrected chi connectivity index (χ0v) is 7.29. The van der Waals surface area contributed by atoms with Gasteiger partial charge in [-0.05, 0) is 13.3 Å². The van der Waals surface area contributed by atoms with Crippen molar-refractivity contribution >= 4 is 0 Å². The third-order valence-electron chi connectivity index (χ3n) is 2.02. The number of allylic oxidation sites excluding steroid dienone is 2. The summed E-state index contributed by atoms with van der Waals surface area (Å²) in [4.78, 5) is 0. The molecule has 2 unspecified atom stereocenters. The van der Waals surface area contributed by atoms with Crippen molar-refractivity contribution in [3.8, 4) is 0 Å². The largest absolute Gasteiger partial charge is 0.374 e. The van der Waals surface area contributed by atoms with Gasteiger partial charge < -0.3 is 4.74 Å². The van der Waals surface area contributed by atoms with Gasteiger partial charge in [0.2, 0.25) is 0 Å². The molecule has 0 aliphatic heterocycles. The Hall–Kier alpha value is -0.560. The normalized spacial score (nSPS) is 29.3. The van der Waals surface area contributed by atoms with Crippen LogP contribution in [-0.2, 0) is 4.74 Å². The van der Waals surface area contributed by atoms with E-state index in [2.05, 4.69) is 31.2 Å². The molecular formula is C10H16O. The molecule has 0 spiro atoms. The van der Waals surface area contributed by atoms with E-state index in [9.17, 15) is 0 Å². The predicted molar refractivity (Wildman–Crippen MR) is 47.5 cm³/mol. The first-order valence-corrected chi connectivity index (χ1v) is 4.35. The molecule has 1 heteroatoms. The van der Waals surface area contributed by atoms with Crippen molar-refractivity contribution in [3.63, 3.8) is 0 Å². The topological polar surface area (TPSA) is 9.23 Å². The molecule has 0 saturated carbocycles. The third kappa shape index (κ3) is 2.19. The number of hydrogen-bond acceptors (Lipinski definition) is 1. The van der Waals surface area contributed by atoms with Crippen molar-refractivity contribution < 1.29 is 4.74 Å². The minimum absolute atomic E-state index is 0.315. The molecule has 2 atom stereocenters. The maximum atomic E-state index is 5.55. The van der Waals surface area contributed by atoms with Crippen molar-refractivity contribution in [2.24, 2.45) is 5.92 Å². The summed E-state index contributed by atoms with van der Waals surface area (Å²) in [7, 11) is 0. The summed E-state index contributed by atoms with van der Waals surface area (Å²) in [6.45, 7) is 5.04. The Bertz CT molecular complexity index is 158. The molecule has 0 aromatic heterocycles. The molecule has 0 heterocycles. The smallest absolute Gasteiger partial charge is 0.0821 e. The van der Waals surface area contributed by atoms with Gasteiger partial charge in [0, 0.05) is 12.5 Å². The van der Waals surface area contributed by atoms with Crippen molar-refractivity contribution in [2.45, 2.75) is 26.4 Å². The summed E-state index contributed by atoms with van der Waals surface area (Å²) in [5, 5.41) is 0. The van der Waals surface area contributed by atoms with Gasteiger partial charge in [-0.15, -0.1) is 0 Å². The highest BCUT2D eigenvalue weighted by Crippen LogP contribution is 2.18. The van der Waals surface area contributed by atoms with E-state index in [0.717, 1.165) is 13.0 Å². The third-order valence-corrected chi connectivity index (χ3v) is 2.02. The van der Waals surface area contributed by atoms with E-state index in [1.165, 1.54) is 0 Å². The minimum Gasteiger partial charge on any atom is -0.374 e. The lowest BCUT2D eigenvalue weighted by atomic mass is 9.95. The number of rotatable bonds is 3. The maximum Gasteiger partial charge on any atom is 0.0821 e. The van der Waals surface area contributed by atoms with Gasteiger partial charge in [-0.1, -0.05) is 31.2 Å². The Kier molecular flexibility index (Phi) is 3.37. The Labute approximate surface area is 68.8 Å². The van der Waals surface area contributed by atoms with Gasteiger partial charge in [0.05, 0.1) is 6.10 Å². The van der Waals surface area contributed by atoms with Crippen LogP contribution in [-0.4, -0.2) is 12.7 Å². The lowest BCUT2D eigenvalue weighted by Crippen LogP contribution is -2.21. The van der Waals surface area contributed by atoms with Gasteiger partial charge in [0.15, 0.2) is 0 Å². The lowest BCUT2D eigenvalue weighted by molar-refractivity contribution is 0.0656. The van der Waals surface area contributed by atoms with Crippen LogP contribution in [0.3, 0.4) is 0 Å². The summed E-state index contributed by atoms with van der Waals surface area (Å²) < 4.78 is 5.55. The van der Waals surface area contributed by atoms with Crippen molar-refractivity contribution in [3.05, 3.63) is 24.3 Å². The van der Waals surface area contributed by atoms with Gasteiger partial charge in [-0.2, -0.15) is 0 Å². The first-order valence-electron chi connectivity index (χ1n) is 4.35. The molecule has 1 aliphatic carbocycles. The van der Waals surface area contributed by atoms with Crippen LogP contribution in [0.2, 0.25) is 0 Å². The van der Waals surface area contributed by atoms with E-state index >= 15 is 0 Å². The molecule has 1 aliphatic rings. The highest BCUT2D eigenvalue weighted by atomic mass is 16.5. The van der Waals surface area contributed by atoms with Gasteiger partial charge in [0.1, 0.15) is 0 Å². The average molecular weight is 152 g/mol. The maximum absolute atomic E-state index is 5.55. The Balaban J connectivity index is 2.48. The van der Waals surface area contributed by atoms with Crippen LogP contribution < -0.4 is 0 Å². The molecule has 0 N–H and O–H groups in total. The molecule has 62 valence electrons. The summed E-state index contributed by atoms with van der Waals surface area (Å²) >= 11 is 0. The highest BCUT2D eigenvalue weighted by molar-refractivity contribution is 5.15. The Morgan fingerprint density at radius 2 is 1.91 bits per heavy atom. The number of ether oxygens (including phenoxy) is 1. The van der Waals surface area contributed by atoms with Gasteiger partial charge in [0.25, 0.3) is 0 Å². The first kappa shape index (κ1) is 8.54. The van der Waals surface area contributed by atoms with Gasteiger partial charge >= 0.3 is 0 Å². The fraction of sp³-hybridized carbons (Fsp3) is 0.600. The molecule has 11 heavy (non-hydrogen) atoms. The standard InChI is InChI=1S/C10H16O/c1-3-9-7-5-6-8-10(9)11-4-2/h5-10H,3-4H2,1-2H3. The van der Waals surface area contributed by atoms with E-state index < -0.39 is 0 Å². The number of hydrogen-bond donors (Lipinski definition) is 0. The molecule has 0 bridgehead atoms. The second kappa shape index (κ2) is 4.35. The summed E-state index contributed by atoms with van der Waals surface area (Å²) in [6, 6.07) is 0. The molecule has 0 fully saturated rings. The second-order valence-electron chi connectivity index (χ2n) is 2.76.